The molecule has 0 fully saturated rings. The molecule has 1 aromatic carbocycles. The summed E-state index contributed by atoms with van der Waals surface area (Å²) in [4.78, 5) is 15.6. The lowest BCUT2D eigenvalue weighted by atomic mass is 10.0. The second-order valence-corrected chi connectivity index (χ2v) is 3.29. The lowest BCUT2D eigenvalue weighted by molar-refractivity contribution is -0.114. The molecule has 2 heteroatoms. The molecular weight excluding hydrogens is 174 g/mol. The SMILES string of the molecule is O=C1N=c2ccccc2=C2C=CC=C12. The minimum absolute atomic E-state index is 0.135. The average molecular weight is 181 g/mol. The maximum absolute atomic E-state index is 11.5. The van der Waals surface area contributed by atoms with Crippen LogP contribution in [0.3, 0.4) is 0 Å². The molecule has 66 valence electrons. The van der Waals surface area contributed by atoms with Gasteiger partial charge in [-0.25, -0.2) is 4.99 Å². The number of amides is 1. The molecule has 0 spiro atoms. The Balaban J connectivity index is 2.57. The van der Waals surface area contributed by atoms with Crippen LogP contribution < -0.4 is 10.6 Å². The van der Waals surface area contributed by atoms with Crippen LogP contribution in [0.1, 0.15) is 0 Å². The molecule has 1 aliphatic carbocycles. The van der Waals surface area contributed by atoms with Gasteiger partial charge in [0.25, 0.3) is 5.91 Å². The van der Waals surface area contributed by atoms with Gasteiger partial charge in [0, 0.05) is 10.8 Å². The van der Waals surface area contributed by atoms with Crippen molar-refractivity contribution < 1.29 is 4.79 Å². The van der Waals surface area contributed by atoms with Gasteiger partial charge in [0.05, 0.1) is 5.36 Å². The second kappa shape index (κ2) is 2.51. The van der Waals surface area contributed by atoms with E-state index in [4.69, 9.17) is 0 Å². The highest BCUT2D eigenvalue weighted by Crippen LogP contribution is 2.20. The van der Waals surface area contributed by atoms with Gasteiger partial charge in [0.1, 0.15) is 0 Å². The maximum atomic E-state index is 11.5. The fourth-order valence-electron chi connectivity index (χ4n) is 1.81. The zero-order valence-electron chi connectivity index (χ0n) is 7.40. The number of benzene rings is 1. The standard InChI is InChI=1S/C12H7NO/c14-12-10-6-3-5-8(10)9-4-1-2-7-11(9)13-12/h1-7H. The van der Waals surface area contributed by atoms with Gasteiger partial charge in [-0.1, -0.05) is 30.4 Å². The Hall–Kier alpha value is -1.96. The molecule has 0 bridgehead atoms. The number of carbonyl (C=O) groups is 1. The average Bonchev–Trinajstić information content (AvgIpc) is 2.67. The molecule has 14 heavy (non-hydrogen) atoms. The van der Waals surface area contributed by atoms with Gasteiger partial charge in [0.2, 0.25) is 0 Å². The van der Waals surface area contributed by atoms with Crippen molar-refractivity contribution in [1.82, 2.24) is 0 Å². The van der Waals surface area contributed by atoms with E-state index in [0.717, 1.165) is 16.1 Å². The Kier molecular flexibility index (Phi) is 1.34. The third-order valence-electron chi connectivity index (χ3n) is 2.46. The molecule has 1 aromatic rings. The van der Waals surface area contributed by atoms with Crippen LogP contribution in [0.4, 0.5) is 0 Å². The molecule has 1 heterocycles. The third-order valence-corrected chi connectivity index (χ3v) is 2.46. The number of allylic oxidation sites excluding steroid dienone is 3. The highest BCUT2D eigenvalue weighted by atomic mass is 16.1. The molecule has 0 N–H and O–H groups in total. The summed E-state index contributed by atoms with van der Waals surface area (Å²) in [6.07, 6.45) is 5.66. The number of nitrogens with zero attached hydrogens (tertiary/aromatic N) is 1. The van der Waals surface area contributed by atoms with E-state index in [1.165, 1.54) is 0 Å². The third kappa shape index (κ3) is 0.852. The molecule has 0 saturated carbocycles. The highest BCUT2D eigenvalue weighted by Gasteiger charge is 2.18. The maximum Gasteiger partial charge on any atom is 0.278 e. The number of hydrogen-bond acceptors (Lipinski definition) is 1. The fraction of sp³-hybridized carbons (Fsp3) is 0. The van der Waals surface area contributed by atoms with Crippen molar-refractivity contribution >= 4 is 11.5 Å². The van der Waals surface area contributed by atoms with E-state index >= 15 is 0 Å². The van der Waals surface area contributed by atoms with E-state index in [0.29, 0.717) is 5.57 Å². The zero-order chi connectivity index (χ0) is 9.54. The summed E-state index contributed by atoms with van der Waals surface area (Å²) in [5, 5.41) is 1.82. The van der Waals surface area contributed by atoms with Crippen LogP contribution in [0.15, 0.2) is 53.1 Å². The lowest BCUT2D eigenvalue weighted by Gasteiger charge is -2.05. The summed E-state index contributed by atoms with van der Waals surface area (Å²) in [5.41, 5.74) is 1.71. The Morgan fingerprint density at radius 3 is 2.93 bits per heavy atom. The number of fused-ring (bicyclic) bond motifs is 2. The Bertz CT molecular complexity index is 605. The van der Waals surface area contributed by atoms with E-state index in [-0.39, 0.29) is 5.91 Å². The molecule has 0 radical (unpaired) electrons. The summed E-state index contributed by atoms with van der Waals surface area (Å²) in [5.74, 6) is -0.135. The van der Waals surface area contributed by atoms with Crippen LogP contribution >= 0.6 is 0 Å². The van der Waals surface area contributed by atoms with Gasteiger partial charge in [-0.15, -0.1) is 0 Å². The van der Waals surface area contributed by atoms with Gasteiger partial charge >= 0.3 is 0 Å². The first-order valence-corrected chi connectivity index (χ1v) is 4.47. The van der Waals surface area contributed by atoms with E-state index in [1.54, 1.807) is 0 Å². The largest absolute Gasteiger partial charge is 0.278 e. The first-order chi connectivity index (χ1) is 6.86. The van der Waals surface area contributed by atoms with Crippen molar-refractivity contribution in [2.75, 3.05) is 0 Å². The van der Waals surface area contributed by atoms with Crippen molar-refractivity contribution in [3.05, 3.63) is 58.6 Å². The fourth-order valence-corrected chi connectivity index (χ4v) is 1.81. The number of carbonyl (C=O) groups excluding carboxylic acids is 1. The molecule has 0 unspecified atom stereocenters. The summed E-state index contributed by atoms with van der Waals surface area (Å²) >= 11 is 0. The first-order valence-electron chi connectivity index (χ1n) is 4.47. The van der Waals surface area contributed by atoms with Crippen LogP contribution in [-0.2, 0) is 4.79 Å². The summed E-state index contributed by atoms with van der Waals surface area (Å²) in [6, 6.07) is 7.71. The Morgan fingerprint density at radius 2 is 2.00 bits per heavy atom. The molecule has 0 atom stereocenters. The topological polar surface area (TPSA) is 29.4 Å². The van der Waals surface area contributed by atoms with Gasteiger partial charge < -0.3 is 0 Å². The number of para-hydroxylation sites is 1. The molecule has 2 aliphatic rings. The lowest BCUT2D eigenvalue weighted by Crippen LogP contribution is -2.32. The minimum Gasteiger partial charge on any atom is -0.267 e. The molecule has 3 rings (SSSR count). The van der Waals surface area contributed by atoms with Crippen molar-refractivity contribution in [2.24, 2.45) is 4.99 Å². The van der Waals surface area contributed by atoms with Crippen LogP contribution in [0.2, 0.25) is 0 Å². The zero-order valence-corrected chi connectivity index (χ0v) is 7.40. The van der Waals surface area contributed by atoms with Gasteiger partial charge in [-0.05, 0) is 17.7 Å². The van der Waals surface area contributed by atoms with Crippen LogP contribution in [0.5, 0.6) is 0 Å². The first kappa shape index (κ1) is 7.44. The van der Waals surface area contributed by atoms with Crippen molar-refractivity contribution in [3.8, 4) is 0 Å². The van der Waals surface area contributed by atoms with Crippen LogP contribution in [0.25, 0.3) is 5.57 Å². The molecule has 0 aromatic heterocycles. The smallest absolute Gasteiger partial charge is 0.267 e. The van der Waals surface area contributed by atoms with Gasteiger partial charge in [-0.3, -0.25) is 4.79 Å². The van der Waals surface area contributed by atoms with Gasteiger partial charge in [0.15, 0.2) is 0 Å². The van der Waals surface area contributed by atoms with Crippen molar-refractivity contribution in [1.29, 1.82) is 0 Å². The molecule has 0 saturated heterocycles. The van der Waals surface area contributed by atoms with Crippen LogP contribution in [-0.4, -0.2) is 5.91 Å². The summed E-state index contributed by atoms with van der Waals surface area (Å²) in [6.45, 7) is 0. The second-order valence-electron chi connectivity index (χ2n) is 3.29. The summed E-state index contributed by atoms with van der Waals surface area (Å²) in [7, 11) is 0. The monoisotopic (exact) mass is 181 g/mol. The predicted molar refractivity (Wildman–Crippen MR) is 52.9 cm³/mol. The number of rotatable bonds is 0. The molecule has 1 aliphatic heterocycles. The van der Waals surface area contributed by atoms with E-state index in [2.05, 4.69) is 4.99 Å². The summed E-state index contributed by atoms with van der Waals surface area (Å²) < 4.78 is 0. The van der Waals surface area contributed by atoms with Crippen LogP contribution in [0, 0.1) is 0 Å². The predicted octanol–water partition coefficient (Wildman–Crippen LogP) is 0.493. The highest BCUT2D eigenvalue weighted by molar-refractivity contribution is 6.10. The van der Waals surface area contributed by atoms with E-state index < -0.39 is 0 Å². The van der Waals surface area contributed by atoms with Gasteiger partial charge in [-0.2, -0.15) is 0 Å². The quantitative estimate of drug-likeness (QED) is 0.573. The van der Waals surface area contributed by atoms with E-state index in [9.17, 15) is 4.79 Å². The molecule has 1 amide bonds. The van der Waals surface area contributed by atoms with Crippen molar-refractivity contribution in [2.45, 2.75) is 0 Å². The van der Waals surface area contributed by atoms with E-state index in [1.807, 2.05) is 42.5 Å². The van der Waals surface area contributed by atoms with Crippen molar-refractivity contribution in [3.63, 3.8) is 0 Å². The molecule has 2 nitrogen and oxygen atoms in total. The Morgan fingerprint density at radius 1 is 1.14 bits per heavy atom. The Labute approximate surface area is 80.6 Å². The number of hydrogen-bond donors (Lipinski definition) is 0. The minimum atomic E-state index is -0.135. The normalized spacial score (nSPS) is 17.3. The molecular formula is C12H7NO.